The van der Waals surface area contributed by atoms with Crippen molar-refractivity contribution in [2.24, 2.45) is 5.73 Å². The first-order valence-electron chi connectivity index (χ1n) is 9.40. The number of carbonyl (C=O) groups excluding carboxylic acids is 2. The number of likely N-dealkylation sites (tertiary alicyclic amines) is 1. The summed E-state index contributed by atoms with van der Waals surface area (Å²) in [7, 11) is 0. The average molecular weight is 377 g/mol. The summed E-state index contributed by atoms with van der Waals surface area (Å²) >= 11 is 0. The zero-order valence-electron chi connectivity index (χ0n) is 16.4. The largest absolute Gasteiger partial charge is 0.444 e. The first-order valence-corrected chi connectivity index (χ1v) is 9.40. The highest BCUT2D eigenvalue weighted by molar-refractivity contribution is 5.80. The zero-order chi connectivity index (χ0) is 20.0. The van der Waals surface area contributed by atoms with E-state index in [9.17, 15) is 14.7 Å². The Morgan fingerprint density at radius 2 is 2.00 bits per heavy atom. The van der Waals surface area contributed by atoms with Crippen LogP contribution in [0.5, 0.6) is 0 Å². The number of nitrogens with one attached hydrogen (secondary N) is 1. The van der Waals surface area contributed by atoms with E-state index in [1.54, 1.807) is 20.8 Å². The minimum Gasteiger partial charge on any atom is -0.444 e. The number of alkyl carbamates (subject to hydrolysis) is 1. The summed E-state index contributed by atoms with van der Waals surface area (Å²) in [6, 6.07) is 8.72. The highest BCUT2D eigenvalue weighted by atomic mass is 16.6. The molecular weight excluding hydrogens is 346 g/mol. The number of carbonyl (C=O) groups is 2. The third-order valence-corrected chi connectivity index (χ3v) is 4.58. The Morgan fingerprint density at radius 3 is 2.59 bits per heavy atom. The van der Waals surface area contributed by atoms with Crippen molar-refractivity contribution in [3.63, 3.8) is 0 Å². The quantitative estimate of drug-likeness (QED) is 0.667. The summed E-state index contributed by atoms with van der Waals surface area (Å²) in [5, 5.41) is 13.6. The third kappa shape index (κ3) is 6.84. The molecule has 2 amide bonds. The highest BCUT2D eigenvalue weighted by Crippen LogP contribution is 2.19. The van der Waals surface area contributed by atoms with Crippen molar-refractivity contribution in [1.29, 1.82) is 0 Å². The van der Waals surface area contributed by atoms with Crippen LogP contribution in [-0.4, -0.2) is 58.9 Å². The Kier molecular flexibility index (Phi) is 7.21. The minimum absolute atomic E-state index is 0.265. The topological polar surface area (TPSA) is 105 Å². The van der Waals surface area contributed by atoms with Crippen molar-refractivity contribution < 1.29 is 19.4 Å². The van der Waals surface area contributed by atoms with Gasteiger partial charge in [0, 0.05) is 6.54 Å². The zero-order valence-corrected chi connectivity index (χ0v) is 16.4. The van der Waals surface area contributed by atoms with Gasteiger partial charge in [0.25, 0.3) is 0 Å². The maximum atomic E-state index is 12.2. The molecule has 1 saturated heterocycles. The number of hydrogen-bond acceptors (Lipinski definition) is 5. The van der Waals surface area contributed by atoms with E-state index < -0.39 is 23.8 Å². The number of rotatable bonds is 7. The van der Waals surface area contributed by atoms with Crippen LogP contribution in [0.2, 0.25) is 0 Å². The Bertz CT molecular complexity index is 630. The van der Waals surface area contributed by atoms with E-state index in [-0.39, 0.29) is 18.5 Å². The maximum absolute atomic E-state index is 12.2. The van der Waals surface area contributed by atoms with Crippen LogP contribution in [-0.2, 0) is 16.0 Å². The molecule has 1 aliphatic heterocycles. The van der Waals surface area contributed by atoms with Crippen LogP contribution >= 0.6 is 0 Å². The number of amides is 2. The van der Waals surface area contributed by atoms with Gasteiger partial charge in [-0.25, -0.2) is 4.79 Å². The molecule has 1 aliphatic rings. The van der Waals surface area contributed by atoms with Gasteiger partial charge in [0.05, 0.1) is 18.2 Å². The molecule has 2 rings (SSSR count). The third-order valence-electron chi connectivity index (χ3n) is 4.58. The molecule has 27 heavy (non-hydrogen) atoms. The SMILES string of the molecule is CC(C)(C)OC(=O)N[C@H](Cc1ccccc1)[C@@H](O)CN1CCC[C@H]1C(N)=O. The lowest BCUT2D eigenvalue weighted by atomic mass is 10.0. The molecule has 7 heteroatoms. The fraction of sp³-hybridized carbons (Fsp3) is 0.600. The predicted molar refractivity (Wildman–Crippen MR) is 103 cm³/mol. The van der Waals surface area contributed by atoms with Crippen molar-refractivity contribution in [1.82, 2.24) is 10.2 Å². The summed E-state index contributed by atoms with van der Waals surface area (Å²) in [5.74, 6) is -0.376. The highest BCUT2D eigenvalue weighted by Gasteiger charge is 2.33. The number of aliphatic hydroxyl groups excluding tert-OH is 1. The molecule has 1 aromatic rings. The molecule has 7 nitrogen and oxygen atoms in total. The van der Waals surface area contributed by atoms with Gasteiger partial charge in [0.15, 0.2) is 0 Å². The number of primary amides is 1. The Labute approximate surface area is 160 Å². The van der Waals surface area contributed by atoms with Gasteiger partial charge in [-0.15, -0.1) is 0 Å². The lowest BCUT2D eigenvalue weighted by Gasteiger charge is -2.31. The maximum Gasteiger partial charge on any atom is 0.407 e. The molecule has 3 atom stereocenters. The number of β-amino-alcohol motifs (C(OH)–C–C–N with tert-alkyl or cyclic N) is 1. The van der Waals surface area contributed by atoms with Gasteiger partial charge in [-0.1, -0.05) is 30.3 Å². The van der Waals surface area contributed by atoms with Crippen molar-refractivity contribution in [2.75, 3.05) is 13.1 Å². The van der Waals surface area contributed by atoms with Crippen LogP contribution in [0.15, 0.2) is 30.3 Å². The van der Waals surface area contributed by atoms with Crippen LogP contribution < -0.4 is 11.1 Å². The van der Waals surface area contributed by atoms with Gasteiger partial charge in [0.1, 0.15) is 5.60 Å². The van der Waals surface area contributed by atoms with Crippen LogP contribution in [0, 0.1) is 0 Å². The van der Waals surface area contributed by atoms with Gasteiger partial charge in [-0.3, -0.25) is 9.69 Å². The van der Waals surface area contributed by atoms with E-state index in [0.717, 1.165) is 12.0 Å². The second-order valence-corrected chi connectivity index (χ2v) is 8.07. The fourth-order valence-electron chi connectivity index (χ4n) is 3.34. The number of nitrogens with two attached hydrogens (primary N) is 1. The summed E-state index contributed by atoms with van der Waals surface area (Å²) in [6.45, 7) is 6.33. The van der Waals surface area contributed by atoms with E-state index in [0.29, 0.717) is 19.4 Å². The molecule has 0 radical (unpaired) electrons. The number of nitrogens with zero attached hydrogens (tertiary/aromatic N) is 1. The lowest BCUT2D eigenvalue weighted by Crippen LogP contribution is -2.52. The minimum atomic E-state index is -0.863. The number of ether oxygens (including phenoxy) is 1. The van der Waals surface area contributed by atoms with E-state index in [2.05, 4.69) is 5.32 Å². The standard InChI is InChI=1S/C20H31N3O4/c1-20(2,3)27-19(26)22-15(12-14-8-5-4-6-9-14)17(24)13-23-11-7-10-16(23)18(21)25/h4-6,8-9,15-17,24H,7,10-13H2,1-3H3,(H2,21,25)(H,22,26)/t15-,16+,17+/m1/s1. The summed E-state index contributed by atoms with van der Waals surface area (Å²) in [4.78, 5) is 25.7. The van der Waals surface area contributed by atoms with Crippen LogP contribution in [0.1, 0.15) is 39.2 Å². The molecule has 0 aliphatic carbocycles. The molecule has 150 valence electrons. The predicted octanol–water partition coefficient (Wildman–Crippen LogP) is 1.43. The van der Waals surface area contributed by atoms with E-state index in [1.807, 2.05) is 35.2 Å². The van der Waals surface area contributed by atoms with E-state index >= 15 is 0 Å². The Balaban J connectivity index is 2.07. The van der Waals surface area contributed by atoms with Gasteiger partial charge >= 0.3 is 6.09 Å². The van der Waals surface area contributed by atoms with Crippen molar-refractivity contribution in [3.8, 4) is 0 Å². The molecule has 0 spiro atoms. The summed E-state index contributed by atoms with van der Waals surface area (Å²) in [5.41, 5.74) is 5.83. The summed E-state index contributed by atoms with van der Waals surface area (Å²) < 4.78 is 5.34. The van der Waals surface area contributed by atoms with Gasteiger partial charge < -0.3 is 20.9 Å². The number of benzene rings is 1. The molecule has 1 aromatic carbocycles. The molecule has 0 saturated carbocycles. The molecule has 1 heterocycles. The molecule has 0 bridgehead atoms. The molecule has 0 unspecified atom stereocenters. The summed E-state index contributed by atoms with van der Waals surface area (Å²) in [6.07, 6.45) is 0.581. The van der Waals surface area contributed by atoms with Crippen molar-refractivity contribution in [3.05, 3.63) is 35.9 Å². The Hall–Kier alpha value is -2.12. The number of aliphatic hydroxyl groups is 1. The van der Waals surface area contributed by atoms with Crippen molar-refractivity contribution >= 4 is 12.0 Å². The second-order valence-electron chi connectivity index (χ2n) is 8.07. The number of hydrogen-bond donors (Lipinski definition) is 3. The van der Waals surface area contributed by atoms with Crippen LogP contribution in [0.4, 0.5) is 4.79 Å². The Morgan fingerprint density at radius 1 is 1.33 bits per heavy atom. The molecule has 1 fully saturated rings. The fourth-order valence-corrected chi connectivity index (χ4v) is 3.34. The van der Waals surface area contributed by atoms with E-state index in [4.69, 9.17) is 10.5 Å². The smallest absolute Gasteiger partial charge is 0.407 e. The van der Waals surface area contributed by atoms with Gasteiger partial charge in [-0.2, -0.15) is 0 Å². The average Bonchev–Trinajstić information content (AvgIpc) is 3.01. The molecule has 0 aromatic heterocycles. The monoisotopic (exact) mass is 377 g/mol. The van der Waals surface area contributed by atoms with Gasteiger partial charge in [-0.05, 0) is 52.1 Å². The first kappa shape index (κ1) is 21.2. The van der Waals surface area contributed by atoms with Crippen molar-refractivity contribution in [2.45, 2.75) is 63.8 Å². The van der Waals surface area contributed by atoms with E-state index in [1.165, 1.54) is 0 Å². The molecular formula is C20H31N3O4. The van der Waals surface area contributed by atoms with Gasteiger partial charge in [0.2, 0.25) is 5.91 Å². The molecule has 4 N–H and O–H groups in total. The van der Waals surface area contributed by atoms with Crippen LogP contribution in [0.3, 0.4) is 0 Å². The second kappa shape index (κ2) is 9.19. The first-order chi connectivity index (χ1) is 12.7. The lowest BCUT2D eigenvalue weighted by molar-refractivity contribution is -0.122. The van der Waals surface area contributed by atoms with Crippen LogP contribution in [0.25, 0.3) is 0 Å². The normalized spacial score (nSPS) is 20.1.